The van der Waals surface area contributed by atoms with Crippen molar-refractivity contribution in [3.05, 3.63) is 71.3 Å². The molecule has 0 aromatic heterocycles. The van der Waals surface area contributed by atoms with Gasteiger partial charge in [-0.25, -0.2) is 4.79 Å². The molecular formula is C23H29N3O2. The van der Waals surface area contributed by atoms with Gasteiger partial charge in [-0.2, -0.15) is 0 Å². The summed E-state index contributed by atoms with van der Waals surface area (Å²) in [6, 6.07) is 18.1. The monoisotopic (exact) mass is 379 g/mol. The Hall–Kier alpha value is -2.82. The molecule has 1 fully saturated rings. The number of rotatable bonds is 7. The second kappa shape index (κ2) is 9.40. The number of hydrogen-bond donors (Lipinski definition) is 3. The Kier molecular flexibility index (Phi) is 6.69. The SMILES string of the molecule is Cc1ccc(CNC(=O)NCC(=O)NCC2(c3ccccc3)CCCC2)cc1. The fourth-order valence-corrected chi connectivity index (χ4v) is 3.85. The third-order valence-electron chi connectivity index (χ3n) is 5.55. The van der Waals surface area contributed by atoms with Crippen molar-refractivity contribution in [2.24, 2.45) is 0 Å². The van der Waals surface area contributed by atoms with Crippen molar-refractivity contribution in [3.8, 4) is 0 Å². The van der Waals surface area contributed by atoms with Crippen molar-refractivity contribution in [1.29, 1.82) is 0 Å². The number of carbonyl (C=O) groups excluding carboxylic acids is 2. The van der Waals surface area contributed by atoms with Gasteiger partial charge in [0.15, 0.2) is 0 Å². The molecule has 3 N–H and O–H groups in total. The van der Waals surface area contributed by atoms with Crippen LogP contribution in [0.1, 0.15) is 42.4 Å². The first kappa shape index (κ1) is 19.9. The van der Waals surface area contributed by atoms with Gasteiger partial charge >= 0.3 is 6.03 Å². The van der Waals surface area contributed by atoms with E-state index in [-0.39, 0.29) is 23.9 Å². The van der Waals surface area contributed by atoms with Gasteiger partial charge in [-0.05, 0) is 30.9 Å². The molecule has 0 heterocycles. The number of benzene rings is 2. The normalized spacial score (nSPS) is 15.0. The van der Waals surface area contributed by atoms with E-state index >= 15 is 0 Å². The summed E-state index contributed by atoms with van der Waals surface area (Å²) in [7, 11) is 0. The fourth-order valence-electron chi connectivity index (χ4n) is 3.85. The number of urea groups is 1. The predicted molar refractivity (Wildman–Crippen MR) is 111 cm³/mol. The van der Waals surface area contributed by atoms with E-state index in [4.69, 9.17) is 0 Å². The molecule has 1 saturated carbocycles. The molecule has 148 valence electrons. The summed E-state index contributed by atoms with van der Waals surface area (Å²) in [4.78, 5) is 24.2. The zero-order valence-electron chi connectivity index (χ0n) is 16.5. The van der Waals surface area contributed by atoms with Gasteiger partial charge in [0.05, 0.1) is 6.54 Å². The second-order valence-electron chi connectivity index (χ2n) is 7.65. The van der Waals surface area contributed by atoms with Crippen LogP contribution in [0.4, 0.5) is 4.79 Å². The Morgan fingerprint density at radius 3 is 2.25 bits per heavy atom. The summed E-state index contributed by atoms with van der Waals surface area (Å²) in [6.07, 6.45) is 4.54. The van der Waals surface area contributed by atoms with Gasteiger partial charge < -0.3 is 16.0 Å². The lowest BCUT2D eigenvalue weighted by atomic mass is 9.79. The molecule has 28 heavy (non-hydrogen) atoms. The first-order chi connectivity index (χ1) is 13.6. The van der Waals surface area contributed by atoms with Crippen LogP contribution >= 0.6 is 0 Å². The maximum atomic E-state index is 12.2. The largest absolute Gasteiger partial charge is 0.354 e. The maximum Gasteiger partial charge on any atom is 0.315 e. The van der Waals surface area contributed by atoms with Gasteiger partial charge in [0.1, 0.15) is 0 Å². The van der Waals surface area contributed by atoms with E-state index in [0.717, 1.165) is 18.4 Å². The highest BCUT2D eigenvalue weighted by Gasteiger charge is 2.35. The van der Waals surface area contributed by atoms with Gasteiger partial charge in [0.2, 0.25) is 5.91 Å². The Morgan fingerprint density at radius 2 is 1.57 bits per heavy atom. The van der Waals surface area contributed by atoms with E-state index in [0.29, 0.717) is 13.1 Å². The minimum Gasteiger partial charge on any atom is -0.354 e. The fraction of sp³-hybridized carbons (Fsp3) is 0.391. The summed E-state index contributed by atoms with van der Waals surface area (Å²) in [5, 5.41) is 8.42. The highest BCUT2D eigenvalue weighted by atomic mass is 16.2. The average molecular weight is 380 g/mol. The third-order valence-corrected chi connectivity index (χ3v) is 5.55. The highest BCUT2D eigenvalue weighted by Crippen LogP contribution is 2.40. The van der Waals surface area contributed by atoms with Crippen LogP contribution in [0.25, 0.3) is 0 Å². The van der Waals surface area contributed by atoms with Crippen molar-refractivity contribution in [2.45, 2.75) is 44.6 Å². The van der Waals surface area contributed by atoms with Crippen LogP contribution in [0, 0.1) is 6.92 Å². The first-order valence-electron chi connectivity index (χ1n) is 9.97. The van der Waals surface area contributed by atoms with E-state index in [1.54, 1.807) is 0 Å². The number of hydrogen-bond acceptors (Lipinski definition) is 2. The number of nitrogens with one attached hydrogen (secondary N) is 3. The number of amides is 3. The Labute approximate surface area is 166 Å². The molecule has 0 radical (unpaired) electrons. The van der Waals surface area contributed by atoms with Crippen LogP contribution in [-0.4, -0.2) is 25.0 Å². The quantitative estimate of drug-likeness (QED) is 0.690. The molecule has 5 heteroatoms. The summed E-state index contributed by atoms with van der Waals surface area (Å²) in [5.74, 6) is -0.160. The van der Waals surface area contributed by atoms with Crippen LogP contribution in [0.2, 0.25) is 0 Å². The van der Waals surface area contributed by atoms with E-state index in [1.165, 1.54) is 24.0 Å². The van der Waals surface area contributed by atoms with Crippen LogP contribution in [-0.2, 0) is 16.8 Å². The minimum atomic E-state index is -0.339. The van der Waals surface area contributed by atoms with E-state index < -0.39 is 0 Å². The topological polar surface area (TPSA) is 70.2 Å². The van der Waals surface area contributed by atoms with E-state index in [2.05, 4.69) is 40.2 Å². The summed E-state index contributed by atoms with van der Waals surface area (Å²) < 4.78 is 0. The predicted octanol–water partition coefficient (Wildman–Crippen LogP) is 3.42. The molecule has 2 aromatic carbocycles. The smallest absolute Gasteiger partial charge is 0.315 e. The van der Waals surface area contributed by atoms with Gasteiger partial charge in [-0.1, -0.05) is 73.0 Å². The van der Waals surface area contributed by atoms with Gasteiger partial charge in [-0.15, -0.1) is 0 Å². The lowest BCUT2D eigenvalue weighted by Gasteiger charge is -2.30. The van der Waals surface area contributed by atoms with Crippen molar-refractivity contribution in [2.75, 3.05) is 13.1 Å². The molecule has 1 aliphatic carbocycles. The molecule has 0 unspecified atom stereocenters. The summed E-state index contributed by atoms with van der Waals surface area (Å²) in [6.45, 7) is 3.05. The molecule has 0 aliphatic heterocycles. The zero-order valence-corrected chi connectivity index (χ0v) is 16.5. The van der Waals surface area contributed by atoms with Crippen molar-refractivity contribution in [3.63, 3.8) is 0 Å². The van der Waals surface area contributed by atoms with Crippen LogP contribution < -0.4 is 16.0 Å². The standard InChI is InChI=1S/C23H29N3O2/c1-18-9-11-19(12-10-18)15-24-22(28)25-16-21(27)26-17-23(13-5-6-14-23)20-7-3-2-4-8-20/h2-4,7-12H,5-6,13-17H2,1H3,(H,26,27)(H2,24,25,28). The Morgan fingerprint density at radius 1 is 0.893 bits per heavy atom. The second-order valence-corrected chi connectivity index (χ2v) is 7.65. The summed E-state index contributed by atoms with van der Waals surface area (Å²) >= 11 is 0. The molecule has 2 aromatic rings. The molecule has 0 bridgehead atoms. The Bertz CT molecular complexity index is 781. The first-order valence-corrected chi connectivity index (χ1v) is 9.97. The lowest BCUT2D eigenvalue weighted by Crippen LogP contribution is -2.45. The third kappa shape index (κ3) is 5.35. The number of aryl methyl sites for hydroxylation is 1. The van der Waals surface area contributed by atoms with Gasteiger partial charge in [0.25, 0.3) is 0 Å². The van der Waals surface area contributed by atoms with Gasteiger partial charge in [-0.3, -0.25) is 4.79 Å². The van der Waals surface area contributed by atoms with E-state index in [1.807, 2.05) is 37.3 Å². The molecule has 0 atom stereocenters. The zero-order chi connectivity index (χ0) is 19.8. The lowest BCUT2D eigenvalue weighted by molar-refractivity contribution is -0.120. The molecule has 0 saturated heterocycles. The van der Waals surface area contributed by atoms with Crippen molar-refractivity contribution >= 4 is 11.9 Å². The molecule has 5 nitrogen and oxygen atoms in total. The highest BCUT2D eigenvalue weighted by molar-refractivity contribution is 5.83. The van der Waals surface area contributed by atoms with Crippen LogP contribution in [0.5, 0.6) is 0 Å². The summed E-state index contributed by atoms with van der Waals surface area (Å²) in [5.41, 5.74) is 3.51. The van der Waals surface area contributed by atoms with E-state index in [9.17, 15) is 9.59 Å². The Balaban J connectivity index is 1.42. The molecular weight excluding hydrogens is 350 g/mol. The van der Waals surface area contributed by atoms with Crippen LogP contribution in [0.15, 0.2) is 54.6 Å². The maximum absolute atomic E-state index is 12.2. The van der Waals surface area contributed by atoms with Crippen molar-refractivity contribution < 1.29 is 9.59 Å². The molecule has 0 spiro atoms. The van der Waals surface area contributed by atoms with Crippen molar-refractivity contribution in [1.82, 2.24) is 16.0 Å². The molecule has 1 aliphatic rings. The van der Waals surface area contributed by atoms with Crippen LogP contribution in [0.3, 0.4) is 0 Å². The average Bonchev–Trinajstić information content (AvgIpc) is 3.21. The minimum absolute atomic E-state index is 0.0185. The molecule has 3 amide bonds. The molecule has 3 rings (SSSR count). The number of carbonyl (C=O) groups is 2. The van der Waals surface area contributed by atoms with Gasteiger partial charge in [0, 0.05) is 18.5 Å².